The molecule has 0 heterocycles. The summed E-state index contributed by atoms with van der Waals surface area (Å²) in [6.07, 6.45) is 0.334. The van der Waals surface area contributed by atoms with Gasteiger partial charge >= 0.3 is 6.03 Å². The molecule has 0 saturated carbocycles. The molecule has 0 unspecified atom stereocenters. The van der Waals surface area contributed by atoms with Crippen LogP contribution >= 0.6 is 11.6 Å². The number of amides is 2. The minimum atomic E-state index is -0.635. The first-order chi connectivity index (χ1) is 11.0. The standard InChI is InChI=1S/C15H13ClFN3O3/c16-12-6-5-11(9-14(12)20(22)23)19-15(21)18-8-7-10-3-1-2-4-13(10)17/h1-6,9H,7-8H2,(H2,18,19,21). The summed E-state index contributed by atoms with van der Waals surface area (Å²) in [5.41, 5.74) is 0.440. The predicted octanol–water partition coefficient (Wildman–Crippen LogP) is 3.75. The van der Waals surface area contributed by atoms with Crippen LogP contribution in [0.1, 0.15) is 5.56 Å². The zero-order valence-electron chi connectivity index (χ0n) is 11.9. The van der Waals surface area contributed by atoms with Gasteiger partial charge in [-0.1, -0.05) is 29.8 Å². The summed E-state index contributed by atoms with van der Waals surface area (Å²) in [5.74, 6) is -0.331. The Hall–Kier alpha value is -2.67. The van der Waals surface area contributed by atoms with E-state index in [2.05, 4.69) is 10.6 Å². The van der Waals surface area contributed by atoms with Crippen LogP contribution in [0.3, 0.4) is 0 Å². The normalized spacial score (nSPS) is 10.2. The third kappa shape index (κ3) is 4.65. The number of halogens is 2. The highest BCUT2D eigenvalue weighted by atomic mass is 35.5. The molecular weight excluding hydrogens is 325 g/mol. The van der Waals surface area contributed by atoms with E-state index in [1.54, 1.807) is 18.2 Å². The van der Waals surface area contributed by atoms with Crippen molar-refractivity contribution in [2.75, 3.05) is 11.9 Å². The van der Waals surface area contributed by atoms with Crippen LogP contribution in [-0.2, 0) is 6.42 Å². The van der Waals surface area contributed by atoms with Crippen LogP contribution in [-0.4, -0.2) is 17.5 Å². The second-order valence-electron chi connectivity index (χ2n) is 4.65. The quantitative estimate of drug-likeness (QED) is 0.643. The molecule has 6 nitrogen and oxygen atoms in total. The molecule has 0 aliphatic heterocycles. The Balaban J connectivity index is 1.89. The molecule has 0 fully saturated rings. The van der Waals surface area contributed by atoms with E-state index in [1.165, 1.54) is 24.3 Å². The van der Waals surface area contributed by atoms with Gasteiger partial charge in [-0.2, -0.15) is 0 Å². The van der Waals surface area contributed by atoms with Gasteiger partial charge in [0.1, 0.15) is 10.8 Å². The number of anilines is 1. The summed E-state index contributed by atoms with van der Waals surface area (Å²) in [7, 11) is 0. The van der Waals surface area contributed by atoms with Gasteiger partial charge in [0.15, 0.2) is 0 Å². The van der Waals surface area contributed by atoms with Crippen molar-refractivity contribution >= 4 is 29.0 Å². The fraction of sp³-hybridized carbons (Fsp3) is 0.133. The SMILES string of the molecule is O=C(NCCc1ccccc1F)Nc1ccc(Cl)c([N+](=O)[O-])c1. The Morgan fingerprint density at radius 2 is 2.00 bits per heavy atom. The van der Waals surface area contributed by atoms with E-state index in [1.807, 2.05) is 0 Å². The van der Waals surface area contributed by atoms with Gasteiger partial charge in [0, 0.05) is 18.3 Å². The van der Waals surface area contributed by atoms with Gasteiger partial charge in [-0.3, -0.25) is 10.1 Å². The summed E-state index contributed by atoms with van der Waals surface area (Å²) in [5, 5.41) is 15.8. The number of nitrogens with one attached hydrogen (secondary N) is 2. The Morgan fingerprint density at radius 1 is 1.26 bits per heavy atom. The monoisotopic (exact) mass is 337 g/mol. The first-order valence-corrected chi connectivity index (χ1v) is 7.07. The zero-order valence-corrected chi connectivity index (χ0v) is 12.6. The van der Waals surface area contributed by atoms with Crippen molar-refractivity contribution in [1.82, 2.24) is 5.32 Å². The Morgan fingerprint density at radius 3 is 2.70 bits per heavy atom. The van der Waals surface area contributed by atoms with Crippen LogP contribution in [0, 0.1) is 15.9 Å². The third-order valence-electron chi connectivity index (χ3n) is 3.04. The fourth-order valence-corrected chi connectivity index (χ4v) is 2.10. The molecule has 0 aliphatic carbocycles. The summed E-state index contributed by atoms with van der Waals surface area (Å²) < 4.78 is 13.4. The predicted molar refractivity (Wildman–Crippen MR) is 85.2 cm³/mol. The highest BCUT2D eigenvalue weighted by Gasteiger charge is 2.13. The lowest BCUT2D eigenvalue weighted by Gasteiger charge is -2.08. The van der Waals surface area contributed by atoms with Crippen molar-refractivity contribution in [3.8, 4) is 0 Å². The van der Waals surface area contributed by atoms with Crippen LogP contribution in [0.2, 0.25) is 5.02 Å². The Bertz CT molecular complexity index is 740. The summed E-state index contributed by atoms with van der Waals surface area (Å²) in [6.45, 7) is 0.225. The van der Waals surface area contributed by atoms with E-state index < -0.39 is 11.0 Å². The molecule has 2 aromatic carbocycles. The molecule has 2 rings (SSSR count). The largest absolute Gasteiger partial charge is 0.338 e. The number of nitrogens with zero attached hydrogens (tertiary/aromatic N) is 1. The van der Waals surface area contributed by atoms with Gasteiger partial charge in [-0.25, -0.2) is 9.18 Å². The average Bonchev–Trinajstić information content (AvgIpc) is 2.51. The second kappa shape index (κ2) is 7.55. The molecule has 2 amide bonds. The number of rotatable bonds is 5. The van der Waals surface area contributed by atoms with Crippen molar-refractivity contribution in [3.63, 3.8) is 0 Å². The van der Waals surface area contributed by atoms with Crippen molar-refractivity contribution in [1.29, 1.82) is 0 Å². The van der Waals surface area contributed by atoms with Crippen molar-refractivity contribution in [2.24, 2.45) is 0 Å². The Labute approximate surface area is 136 Å². The van der Waals surface area contributed by atoms with Gasteiger partial charge in [-0.05, 0) is 30.2 Å². The summed E-state index contributed by atoms with van der Waals surface area (Å²) in [4.78, 5) is 21.9. The molecule has 0 bridgehead atoms. The molecule has 8 heteroatoms. The van der Waals surface area contributed by atoms with Gasteiger partial charge in [-0.15, -0.1) is 0 Å². The van der Waals surface area contributed by atoms with Crippen molar-refractivity contribution < 1.29 is 14.1 Å². The molecule has 0 aliphatic rings. The van der Waals surface area contributed by atoms with Crippen LogP contribution in [0.4, 0.5) is 20.6 Å². The van der Waals surface area contributed by atoms with Gasteiger partial charge in [0.05, 0.1) is 4.92 Å². The molecule has 0 spiro atoms. The van der Waals surface area contributed by atoms with E-state index in [0.717, 1.165) is 0 Å². The highest BCUT2D eigenvalue weighted by Crippen LogP contribution is 2.27. The molecule has 2 N–H and O–H groups in total. The smallest absolute Gasteiger partial charge is 0.319 e. The maximum Gasteiger partial charge on any atom is 0.319 e. The van der Waals surface area contributed by atoms with E-state index in [4.69, 9.17) is 11.6 Å². The average molecular weight is 338 g/mol. The van der Waals surface area contributed by atoms with E-state index >= 15 is 0 Å². The second-order valence-corrected chi connectivity index (χ2v) is 5.05. The van der Waals surface area contributed by atoms with E-state index in [0.29, 0.717) is 12.0 Å². The molecule has 120 valence electrons. The first kappa shape index (κ1) is 16.7. The number of hydrogen-bond donors (Lipinski definition) is 2. The third-order valence-corrected chi connectivity index (χ3v) is 3.36. The maximum absolute atomic E-state index is 13.4. The van der Waals surface area contributed by atoms with Gasteiger partial charge in [0.25, 0.3) is 5.69 Å². The Kier molecular flexibility index (Phi) is 5.48. The van der Waals surface area contributed by atoms with E-state index in [-0.39, 0.29) is 28.8 Å². The minimum absolute atomic E-state index is 0.0134. The molecule has 0 aromatic heterocycles. The number of hydrogen-bond acceptors (Lipinski definition) is 3. The molecule has 0 atom stereocenters. The van der Waals surface area contributed by atoms with Gasteiger partial charge in [0.2, 0.25) is 0 Å². The van der Waals surface area contributed by atoms with Crippen LogP contribution in [0.15, 0.2) is 42.5 Å². The lowest BCUT2D eigenvalue weighted by atomic mass is 10.1. The highest BCUT2D eigenvalue weighted by molar-refractivity contribution is 6.32. The number of urea groups is 1. The lowest BCUT2D eigenvalue weighted by Crippen LogP contribution is -2.30. The fourth-order valence-electron chi connectivity index (χ4n) is 1.92. The number of carbonyl (C=O) groups excluding carboxylic acids is 1. The van der Waals surface area contributed by atoms with Crippen LogP contribution in [0.25, 0.3) is 0 Å². The number of nitro benzene ring substituents is 1. The molecule has 0 radical (unpaired) electrons. The molecular formula is C15H13ClFN3O3. The summed E-state index contributed by atoms with van der Waals surface area (Å²) >= 11 is 5.69. The van der Waals surface area contributed by atoms with Crippen molar-refractivity contribution in [2.45, 2.75) is 6.42 Å². The topological polar surface area (TPSA) is 84.3 Å². The molecule has 0 saturated heterocycles. The number of benzene rings is 2. The molecule has 23 heavy (non-hydrogen) atoms. The lowest BCUT2D eigenvalue weighted by molar-refractivity contribution is -0.384. The zero-order chi connectivity index (χ0) is 16.8. The maximum atomic E-state index is 13.4. The number of carbonyl (C=O) groups is 1. The van der Waals surface area contributed by atoms with Crippen molar-refractivity contribution in [3.05, 3.63) is 69.0 Å². The van der Waals surface area contributed by atoms with Crippen LogP contribution < -0.4 is 10.6 Å². The minimum Gasteiger partial charge on any atom is -0.338 e. The number of nitro groups is 1. The molecule has 2 aromatic rings. The summed E-state index contributed by atoms with van der Waals surface area (Å²) in [6, 6.07) is 9.69. The first-order valence-electron chi connectivity index (χ1n) is 6.69. The van der Waals surface area contributed by atoms with Crippen LogP contribution in [0.5, 0.6) is 0 Å². The van der Waals surface area contributed by atoms with Gasteiger partial charge < -0.3 is 10.6 Å². The van der Waals surface area contributed by atoms with E-state index in [9.17, 15) is 19.3 Å².